The minimum atomic E-state index is -0.418. The number of hydrogen-bond acceptors (Lipinski definition) is 5. The van der Waals surface area contributed by atoms with E-state index < -0.39 is 12.0 Å². The van der Waals surface area contributed by atoms with E-state index in [9.17, 15) is 9.59 Å². The zero-order chi connectivity index (χ0) is 20.3. The Labute approximate surface area is 170 Å². The number of nitrogens with zero attached hydrogens (tertiary/aromatic N) is 3. The molecule has 0 N–H and O–H groups in total. The van der Waals surface area contributed by atoms with Gasteiger partial charge in [0.25, 0.3) is 5.91 Å². The largest absolute Gasteiger partial charge is 0.497 e. The molecule has 0 radical (unpaired) electrons. The van der Waals surface area contributed by atoms with Crippen molar-refractivity contribution in [2.45, 2.75) is 32.4 Å². The van der Waals surface area contributed by atoms with Crippen LogP contribution in [0.15, 0.2) is 42.5 Å². The van der Waals surface area contributed by atoms with Crippen LogP contribution in [0.4, 0.5) is 5.69 Å². The number of methoxy groups -OCH3 is 1. The Morgan fingerprint density at radius 3 is 2.21 bits per heavy atom. The average molecular weight is 391 g/mol. The number of carbonyl (C=O) groups is 2. The fraction of sp³-hybridized carbons (Fsp3) is 0.391. The lowest BCUT2D eigenvalue weighted by atomic mass is 9.90. The Kier molecular flexibility index (Phi) is 4.22. The second kappa shape index (κ2) is 6.68. The van der Waals surface area contributed by atoms with Crippen LogP contribution in [0.1, 0.15) is 29.2 Å². The molecule has 2 aromatic carbocycles. The van der Waals surface area contributed by atoms with E-state index >= 15 is 0 Å². The number of carbonyl (C=O) groups excluding carboxylic acids is 2. The topological polar surface area (TPSA) is 53.1 Å². The zero-order valence-electron chi connectivity index (χ0n) is 17.0. The number of anilines is 1. The summed E-state index contributed by atoms with van der Waals surface area (Å²) in [6.45, 7) is 5.72. The van der Waals surface area contributed by atoms with Gasteiger partial charge in [0.05, 0.1) is 24.8 Å². The van der Waals surface area contributed by atoms with Crippen LogP contribution in [-0.2, 0) is 9.59 Å². The van der Waals surface area contributed by atoms with Crippen LogP contribution in [0.25, 0.3) is 0 Å². The monoisotopic (exact) mass is 391 g/mol. The number of benzene rings is 2. The van der Waals surface area contributed by atoms with Gasteiger partial charge in [-0.05, 0) is 61.2 Å². The fourth-order valence-electron chi connectivity index (χ4n) is 5.03. The molecule has 0 saturated carbocycles. The van der Waals surface area contributed by atoms with Crippen LogP contribution >= 0.6 is 0 Å². The maximum Gasteiger partial charge on any atom is 0.253 e. The summed E-state index contributed by atoms with van der Waals surface area (Å²) >= 11 is 0. The van der Waals surface area contributed by atoms with Crippen molar-refractivity contribution >= 4 is 17.5 Å². The highest BCUT2D eigenvalue weighted by molar-refractivity contribution is 6.24. The molecule has 3 fully saturated rings. The predicted molar refractivity (Wildman–Crippen MR) is 109 cm³/mol. The number of amides is 2. The number of rotatable bonds is 3. The molecular formula is C23H25N3O3. The van der Waals surface area contributed by atoms with E-state index in [2.05, 4.69) is 10.0 Å². The van der Waals surface area contributed by atoms with E-state index in [-0.39, 0.29) is 17.9 Å². The number of fused-ring (bicyclic) bond motifs is 3. The molecule has 0 spiro atoms. The average Bonchev–Trinajstić information content (AvgIpc) is 3.37. The third kappa shape index (κ3) is 2.63. The molecule has 3 atom stereocenters. The molecule has 0 unspecified atom stereocenters. The quantitative estimate of drug-likeness (QED) is 0.753. The molecule has 2 aromatic rings. The Morgan fingerprint density at radius 1 is 0.862 bits per heavy atom. The number of aryl methyl sites for hydroxylation is 2. The highest BCUT2D eigenvalue weighted by Gasteiger charge is 2.62. The molecule has 6 heteroatoms. The summed E-state index contributed by atoms with van der Waals surface area (Å²) in [6, 6.07) is 13.1. The molecule has 29 heavy (non-hydrogen) atoms. The number of hydrogen-bond donors (Lipinski definition) is 0. The van der Waals surface area contributed by atoms with Crippen molar-refractivity contribution in [1.29, 1.82) is 0 Å². The maximum atomic E-state index is 13.6. The van der Waals surface area contributed by atoms with Gasteiger partial charge in [0.2, 0.25) is 5.91 Å². The van der Waals surface area contributed by atoms with Crippen molar-refractivity contribution < 1.29 is 14.3 Å². The maximum absolute atomic E-state index is 13.6. The van der Waals surface area contributed by atoms with Crippen molar-refractivity contribution in [3.05, 3.63) is 59.2 Å². The van der Waals surface area contributed by atoms with Gasteiger partial charge in [-0.15, -0.1) is 0 Å². The molecule has 150 valence electrons. The summed E-state index contributed by atoms with van der Waals surface area (Å²) in [4.78, 5) is 28.4. The Bertz CT molecular complexity index is 987. The lowest BCUT2D eigenvalue weighted by Gasteiger charge is -2.30. The van der Waals surface area contributed by atoms with Gasteiger partial charge >= 0.3 is 0 Å². The van der Waals surface area contributed by atoms with Crippen molar-refractivity contribution in [2.75, 3.05) is 25.1 Å². The van der Waals surface area contributed by atoms with E-state index in [1.807, 2.05) is 56.3 Å². The van der Waals surface area contributed by atoms with E-state index in [1.54, 1.807) is 7.11 Å². The lowest BCUT2D eigenvalue weighted by Crippen LogP contribution is -2.44. The normalized spacial score (nSPS) is 26.9. The number of hydrazine groups is 1. The van der Waals surface area contributed by atoms with Crippen molar-refractivity contribution in [3.63, 3.8) is 0 Å². The third-order valence-electron chi connectivity index (χ3n) is 6.61. The highest BCUT2D eigenvalue weighted by Crippen LogP contribution is 2.49. The van der Waals surface area contributed by atoms with Crippen LogP contribution in [0.2, 0.25) is 0 Å². The zero-order valence-corrected chi connectivity index (χ0v) is 17.0. The Hall–Kier alpha value is -2.70. The first-order valence-corrected chi connectivity index (χ1v) is 10.1. The van der Waals surface area contributed by atoms with Crippen LogP contribution in [0.5, 0.6) is 5.75 Å². The van der Waals surface area contributed by atoms with Gasteiger partial charge in [0, 0.05) is 13.1 Å². The van der Waals surface area contributed by atoms with E-state index in [0.717, 1.165) is 42.0 Å². The van der Waals surface area contributed by atoms with Gasteiger partial charge in [0.1, 0.15) is 11.8 Å². The third-order valence-corrected chi connectivity index (χ3v) is 6.61. The van der Waals surface area contributed by atoms with Gasteiger partial charge in [-0.25, -0.2) is 14.9 Å². The van der Waals surface area contributed by atoms with Crippen molar-refractivity contribution in [2.24, 2.45) is 5.92 Å². The molecule has 0 aliphatic carbocycles. The van der Waals surface area contributed by atoms with Crippen molar-refractivity contribution in [1.82, 2.24) is 10.0 Å². The van der Waals surface area contributed by atoms with Crippen LogP contribution in [0.3, 0.4) is 0 Å². The molecule has 3 aliphatic rings. The van der Waals surface area contributed by atoms with Gasteiger partial charge in [-0.1, -0.05) is 18.2 Å². The molecule has 0 aromatic heterocycles. The summed E-state index contributed by atoms with van der Waals surface area (Å²) in [5, 5.41) is 4.35. The van der Waals surface area contributed by atoms with Crippen LogP contribution in [-0.4, -0.2) is 48.1 Å². The lowest BCUT2D eigenvalue weighted by molar-refractivity contribution is -0.126. The first-order valence-electron chi connectivity index (χ1n) is 10.1. The smallest absolute Gasteiger partial charge is 0.253 e. The molecule has 2 amide bonds. The van der Waals surface area contributed by atoms with Crippen LogP contribution < -0.4 is 9.64 Å². The molecular weight excluding hydrogens is 366 g/mol. The first-order chi connectivity index (χ1) is 14.0. The first kappa shape index (κ1) is 18.3. The highest BCUT2D eigenvalue weighted by atomic mass is 16.5. The SMILES string of the molecule is COc1ccc([C@@H]2[C@@H]3C(=O)N(c4ccc(C)c(C)c4)C(=O)[C@@H]3N3CCCN23)cc1. The van der Waals surface area contributed by atoms with Gasteiger partial charge < -0.3 is 4.74 Å². The molecule has 3 aliphatic heterocycles. The molecule has 0 bridgehead atoms. The molecule has 3 heterocycles. The van der Waals surface area contributed by atoms with E-state index in [0.29, 0.717) is 5.69 Å². The summed E-state index contributed by atoms with van der Waals surface area (Å²) in [7, 11) is 1.64. The number of imide groups is 1. The Morgan fingerprint density at radius 2 is 1.55 bits per heavy atom. The Balaban J connectivity index is 1.56. The summed E-state index contributed by atoms with van der Waals surface area (Å²) < 4.78 is 5.29. The fourth-order valence-corrected chi connectivity index (χ4v) is 5.03. The summed E-state index contributed by atoms with van der Waals surface area (Å²) in [5.41, 5.74) is 3.95. The second-order valence-corrected chi connectivity index (χ2v) is 8.15. The minimum Gasteiger partial charge on any atom is -0.497 e. The molecule has 5 rings (SSSR count). The second-order valence-electron chi connectivity index (χ2n) is 8.15. The summed E-state index contributed by atoms with van der Waals surface area (Å²) in [6.07, 6.45) is 1.00. The molecule has 3 saturated heterocycles. The standard InChI is InChI=1S/C23H25N3O3/c1-14-5-8-17(13-15(14)2)26-22(27)19-20(16-6-9-18(29-3)10-7-16)24-11-4-12-25(24)21(19)23(26)28/h5-10,13,19-21H,4,11-12H2,1-3H3/t19-,20+,21+/m0/s1. The van der Waals surface area contributed by atoms with E-state index in [4.69, 9.17) is 4.74 Å². The van der Waals surface area contributed by atoms with Gasteiger partial charge in [0.15, 0.2) is 0 Å². The molecule has 6 nitrogen and oxygen atoms in total. The predicted octanol–water partition coefficient (Wildman–Crippen LogP) is 2.85. The van der Waals surface area contributed by atoms with Gasteiger partial charge in [-0.2, -0.15) is 0 Å². The van der Waals surface area contributed by atoms with Gasteiger partial charge in [-0.3, -0.25) is 9.59 Å². The minimum absolute atomic E-state index is 0.0986. The van der Waals surface area contributed by atoms with E-state index in [1.165, 1.54) is 4.90 Å². The number of ether oxygens (including phenoxy) is 1. The van der Waals surface area contributed by atoms with Crippen LogP contribution in [0, 0.1) is 19.8 Å². The summed E-state index contributed by atoms with van der Waals surface area (Å²) in [5.74, 6) is 0.189. The van der Waals surface area contributed by atoms with Crippen molar-refractivity contribution in [3.8, 4) is 5.75 Å².